The van der Waals surface area contributed by atoms with Crippen LogP contribution < -0.4 is 5.73 Å². The molecule has 1 saturated heterocycles. The molecule has 1 heterocycles. The van der Waals surface area contributed by atoms with E-state index in [4.69, 9.17) is 10.5 Å². The predicted octanol–water partition coefficient (Wildman–Crippen LogP) is 2.39. The molecule has 2 N–H and O–H groups in total. The van der Waals surface area contributed by atoms with Gasteiger partial charge in [0.1, 0.15) is 0 Å². The number of hydrogen-bond donors (Lipinski definition) is 1. The van der Waals surface area contributed by atoms with Crippen LogP contribution in [0.4, 0.5) is 0 Å². The van der Waals surface area contributed by atoms with E-state index in [0.717, 1.165) is 25.1 Å². The average molecular weight is 254 g/mol. The standard InChI is InChI=1S/C15H30N2O/c1-2-18-14-8-10-17(11-9-14)15-7-5-3-4-6-13(15)12-16/h13-15H,2-12,16H2,1H3. The monoisotopic (exact) mass is 254 g/mol. The van der Waals surface area contributed by atoms with Gasteiger partial charge in [0.25, 0.3) is 0 Å². The molecule has 3 heteroatoms. The van der Waals surface area contributed by atoms with Crippen molar-refractivity contribution in [3.05, 3.63) is 0 Å². The van der Waals surface area contributed by atoms with Crippen LogP contribution in [0.1, 0.15) is 51.9 Å². The number of rotatable bonds is 4. The SMILES string of the molecule is CCOC1CCN(C2CCCCCC2CN)CC1. The van der Waals surface area contributed by atoms with Crippen LogP contribution in [0.15, 0.2) is 0 Å². The highest BCUT2D eigenvalue weighted by Crippen LogP contribution is 2.29. The predicted molar refractivity (Wildman–Crippen MR) is 75.6 cm³/mol. The van der Waals surface area contributed by atoms with Crippen LogP contribution >= 0.6 is 0 Å². The van der Waals surface area contributed by atoms with Gasteiger partial charge in [-0.05, 0) is 45.1 Å². The van der Waals surface area contributed by atoms with E-state index in [9.17, 15) is 0 Å². The summed E-state index contributed by atoms with van der Waals surface area (Å²) in [4.78, 5) is 2.71. The minimum atomic E-state index is 0.508. The Morgan fingerprint density at radius 3 is 2.44 bits per heavy atom. The van der Waals surface area contributed by atoms with Crippen molar-refractivity contribution >= 4 is 0 Å². The lowest BCUT2D eigenvalue weighted by Gasteiger charge is -2.40. The van der Waals surface area contributed by atoms with E-state index in [0.29, 0.717) is 6.10 Å². The molecule has 2 fully saturated rings. The third-order valence-corrected chi connectivity index (χ3v) is 4.77. The number of piperidine rings is 1. The third kappa shape index (κ3) is 3.69. The largest absolute Gasteiger partial charge is 0.378 e. The Morgan fingerprint density at radius 1 is 1.06 bits per heavy atom. The molecule has 0 aromatic heterocycles. The van der Waals surface area contributed by atoms with Crippen molar-refractivity contribution in [2.45, 2.75) is 64.0 Å². The first-order valence-electron chi connectivity index (χ1n) is 7.90. The molecule has 0 aromatic carbocycles. The maximum Gasteiger partial charge on any atom is 0.0599 e. The molecule has 2 atom stereocenters. The molecule has 0 bridgehead atoms. The lowest BCUT2D eigenvalue weighted by Crippen LogP contribution is -2.48. The molecular weight excluding hydrogens is 224 g/mol. The molecule has 0 spiro atoms. The van der Waals surface area contributed by atoms with E-state index in [-0.39, 0.29) is 0 Å². The van der Waals surface area contributed by atoms with Crippen molar-refractivity contribution < 1.29 is 4.74 Å². The van der Waals surface area contributed by atoms with E-state index >= 15 is 0 Å². The van der Waals surface area contributed by atoms with Gasteiger partial charge in [0.2, 0.25) is 0 Å². The van der Waals surface area contributed by atoms with Gasteiger partial charge in [0.05, 0.1) is 6.10 Å². The summed E-state index contributed by atoms with van der Waals surface area (Å²) in [6, 6.07) is 0.750. The summed E-state index contributed by atoms with van der Waals surface area (Å²) in [6.07, 6.45) is 9.81. The smallest absolute Gasteiger partial charge is 0.0599 e. The maximum atomic E-state index is 5.99. The number of ether oxygens (including phenoxy) is 1. The van der Waals surface area contributed by atoms with E-state index < -0.39 is 0 Å². The zero-order valence-electron chi connectivity index (χ0n) is 11.9. The van der Waals surface area contributed by atoms with Crippen molar-refractivity contribution in [2.75, 3.05) is 26.2 Å². The first-order chi connectivity index (χ1) is 8.85. The number of hydrogen-bond acceptors (Lipinski definition) is 3. The highest BCUT2D eigenvalue weighted by molar-refractivity contribution is 4.85. The summed E-state index contributed by atoms with van der Waals surface area (Å²) in [5.74, 6) is 0.733. The lowest BCUT2D eigenvalue weighted by atomic mass is 9.91. The molecule has 1 saturated carbocycles. The average Bonchev–Trinajstić information content (AvgIpc) is 2.65. The Hall–Kier alpha value is -0.120. The Kier molecular flexibility index (Phi) is 5.93. The van der Waals surface area contributed by atoms with Crippen molar-refractivity contribution in [3.63, 3.8) is 0 Å². The van der Waals surface area contributed by atoms with Gasteiger partial charge in [0.15, 0.2) is 0 Å². The Morgan fingerprint density at radius 2 is 1.78 bits per heavy atom. The first-order valence-corrected chi connectivity index (χ1v) is 7.90. The van der Waals surface area contributed by atoms with Crippen LogP contribution in [0.2, 0.25) is 0 Å². The normalized spacial score (nSPS) is 32.3. The molecule has 2 aliphatic rings. The topological polar surface area (TPSA) is 38.5 Å². The van der Waals surface area contributed by atoms with Gasteiger partial charge < -0.3 is 10.5 Å². The second-order valence-corrected chi connectivity index (χ2v) is 5.89. The van der Waals surface area contributed by atoms with Crippen LogP contribution in [0.5, 0.6) is 0 Å². The van der Waals surface area contributed by atoms with Crippen molar-refractivity contribution in [3.8, 4) is 0 Å². The van der Waals surface area contributed by atoms with Gasteiger partial charge in [-0.1, -0.05) is 19.3 Å². The number of likely N-dealkylation sites (tertiary alicyclic amines) is 1. The minimum absolute atomic E-state index is 0.508. The molecule has 1 aliphatic carbocycles. The molecule has 2 unspecified atom stereocenters. The van der Waals surface area contributed by atoms with Crippen LogP contribution in [-0.2, 0) is 4.74 Å². The second-order valence-electron chi connectivity index (χ2n) is 5.89. The van der Waals surface area contributed by atoms with E-state index in [1.807, 2.05) is 0 Å². The van der Waals surface area contributed by atoms with E-state index in [1.54, 1.807) is 0 Å². The van der Waals surface area contributed by atoms with Crippen molar-refractivity contribution in [2.24, 2.45) is 11.7 Å². The summed E-state index contributed by atoms with van der Waals surface area (Å²) >= 11 is 0. The van der Waals surface area contributed by atoms with Gasteiger partial charge in [-0.15, -0.1) is 0 Å². The number of nitrogens with two attached hydrogens (primary N) is 1. The van der Waals surface area contributed by atoms with E-state index in [1.165, 1.54) is 58.0 Å². The fourth-order valence-corrected chi connectivity index (χ4v) is 3.73. The Labute approximate surface area is 112 Å². The van der Waals surface area contributed by atoms with Gasteiger partial charge in [-0.3, -0.25) is 4.90 Å². The lowest BCUT2D eigenvalue weighted by molar-refractivity contribution is -0.00431. The second kappa shape index (κ2) is 7.46. The molecule has 0 radical (unpaired) electrons. The molecule has 2 rings (SSSR count). The highest BCUT2D eigenvalue weighted by Gasteiger charge is 2.30. The molecule has 106 valence electrons. The van der Waals surface area contributed by atoms with Crippen LogP contribution in [-0.4, -0.2) is 43.3 Å². The fourth-order valence-electron chi connectivity index (χ4n) is 3.73. The van der Waals surface area contributed by atoms with Gasteiger partial charge in [-0.25, -0.2) is 0 Å². The van der Waals surface area contributed by atoms with Crippen LogP contribution in [0, 0.1) is 5.92 Å². The van der Waals surface area contributed by atoms with Gasteiger partial charge in [0, 0.05) is 25.7 Å². The molecule has 1 aliphatic heterocycles. The molecule has 18 heavy (non-hydrogen) atoms. The minimum Gasteiger partial charge on any atom is -0.378 e. The first kappa shape index (κ1) is 14.3. The zero-order valence-corrected chi connectivity index (χ0v) is 11.9. The third-order valence-electron chi connectivity index (χ3n) is 4.77. The fraction of sp³-hybridized carbons (Fsp3) is 1.00. The molecule has 0 amide bonds. The number of nitrogens with zero attached hydrogens (tertiary/aromatic N) is 1. The maximum absolute atomic E-state index is 5.99. The van der Waals surface area contributed by atoms with Gasteiger partial charge in [-0.2, -0.15) is 0 Å². The molecule has 3 nitrogen and oxygen atoms in total. The summed E-state index contributed by atoms with van der Waals surface area (Å²) < 4.78 is 5.74. The quantitative estimate of drug-likeness (QED) is 0.783. The Balaban J connectivity index is 1.86. The van der Waals surface area contributed by atoms with E-state index in [2.05, 4.69) is 11.8 Å². The van der Waals surface area contributed by atoms with Crippen molar-refractivity contribution in [1.82, 2.24) is 4.90 Å². The summed E-state index contributed by atoms with van der Waals surface area (Å²) in [5, 5.41) is 0. The molecule has 0 aromatic rings. The summed E-state index contributed by atoms with van der Waals surface area (Å²) in [7, 11) is 0. The molecular formula is C15H30N2O. The summed E-state index contributed by atoms with van der Waals surface area (Å²) in [5.41, 5.74) is 5.99. The zero-order chi connectivity index (χ0) is 12.8. The highest BCUT2D eigenvalue weighted by atomic mass is 16.5. The van der Waals surface area contributed by atoms with Crippen LogP contribution in [0.25, 0.3) is 0 Å². The van der Waals surface area contributed by atoms with Crippen molar-refractivity contribution in [1.29, 1.82) is 0 Å². The Bertz CT molecular complexity index is 227. The summed E-state index contributed by atoms with van der Waals surface area (Å²) in [6.45, 7) is 6.26. The van der Waals surface area contributed by atoms with Crippen LogP contribution in [0.3, 0.4) is 0 Å². The van der Waals surface area contributed by atoms with Gasteiger partial charge >= 0.3 is 0 Å².